The van der Waals surface area contributed by atoms with E-state index in [-0.39, 0.29) is 53.2 Å². The summed E-state index contributed by atoms with van der Waals surface area (Å²) in [6, 6.07) is 7.49. The summed E-state index contributed by atoms with van der Waals surface area (Å²) < 4.78 is 1.46. The Morgan fingerprint density at radius 2 is 1.74 bits per heavy atom. The predicted octanol–water partition coefficient (Wildman–Crippen LogP) is 2.61. The van der Waals surface area contributed by atoms with Crippen molar-refractivity contribution < 1.29 is 24.0 Å². The van der Waals surface area contributed by atoms with Crippen molar-refractivity contribution in [3.8, 4) is 0 Å². The van der Waals surface area contributed by atoms with Gasteiger partial charge in [0.1, 0.15) is 11.9 Å². The van der Waals surface area contributed by atoms with E-state index < -0.39 is 12.0 Å². The van der Waals surface area contributed by atoms with Crippen molar-refractivity contribution >= 4 is 41.2 Å². The number of hydrogen-bond acceptors (Lipinski definition) is 6. The maximum Gasteiger partial charge on any atom is 0.272 e. The van der Waals surface area contributed by atoms with Gasteiger partial charge in [-0.25, -0.2) is 10.0 Å². The highest BCUT2D eigenvalue weighted by atomic mass is 16.2. The van der Waals surface area contributed by atoms with Crippen LogP contribution < -0.4 is 16.0 Å². The minimum Gasteiger partial charge on any atom is -0.340 e. The Kier molecular flexibility index (Phi) is 7.02. The van der Waals surface area contributed by atoms with Gasteiger partial charge in [-0.2, -0.15) is 5.10 Å². The van der Waals surface area contributed by atoms with Crippen LogP contribution >= 0.6 is 0 Å². The van der Waals surface area contributed by atoms with Crippen molar-refractivity contribution in [3.05, 3.63) is 41.5 Å². The number of rotatable bonds is 8. The minimum absolute atomic E-state index is 0.0129. The van der Waals surface area contributed by atoms with Crippen LogP contribution in [0.2, 0.25) is 0 Å². The third-order valence-corrected chi connectivity index (χ3v) is 9.13. The van der Waals surface area contributed by atoms with E-state index in [1.807, 2.05) is 0 Å². The molecule has 3 fully saturated rings. The van der Waals surface area contributed by atoms with Gasteiger partial charge in [-0.3, -0.25) is 28.7 Å². The summed E-state index contributed by atoms with van der Waals surface area (Å²) in [5.74, 6) is -1.62. The Labute approximate surface area is 244 Å². The molecule has 3 N–H and O–H groups in total. The predicted molar refractivity (Wildman–Crippen MR) is 152 cm³/mol. The third kappa shape index (κ3) is 5.14. The number of nitrogens with zero attached hydrogens (tertiary/aromatic N) is 4. The summed E-state index contributed by atoms with van der Waals surface area (Å²) in [5, 5.41) is 15.8. The Balaban J connectivity index is 1.19. The highest BCUT2D eigenvalue weighted by molar-refractivity contribution is 6.03. The molecular weight excluding hydrogens is 538 g/mol. The van der Waals surface area contributed by atoms with Gasteiger partial charge in [-0.15, -0.1) is 0 Å². The largest absolute Gasteiger partial charge is 0.340 e. The number of hydrazine groups is 1. The molecule has 2 aromatic rings. The minimum atomic E-state index is -1.02. The van der Waals surface area contributed by atoms with Crippen LogP contribution in [0.5, 0.6) is 0 Å². The fraction of sp³-hybridized carbons (Fsp3) is 0.533. The highest BCUT2D eigenvalue weighted by Gasteiger charge is 2.56. The van der Waals surface area contributed by atoms with Gasteiger partial charge in [-0.1, -0.05) is 38.5 Å². The number of amides is 5. The topological polar surface area (TPSA) is 146 Å². The second kappa shape index (κ2) is 10.6. The van der Waals surface area contributed by atoms with Crippen LogP contribution in [-0.2, 0) is 26.2 Å². The van der Waals surface area contributed by atoms with E-state index in [1.165, 1.54) is 9.69 Å². The lowest BCUT2D eigenvalue weighted by molar-refractivity contribution is -0.145. The average Bonchev–Trinajstić information content (AvgIpc) is 3.46. The molecule has 0 bridgehead atoms. The molecule has 5 amide bonds. The van der Waals surface area contributed by atoms with Crippen molar-refractivity contribution in [3.63, 3.8) is 0 Å². The molecule has 2 aliphatic heterocycles. The summed E-state index contributed by atoms with van der Waals surface area (Å²) >= 11 is 0. The number of aromatic nitrogens is 2. The number of hydrogen-bond donors (Lipinski definition) is 3. The Morgan fingerprint density at radius 1 is 1.02 bits per heavy atom. The van der Waals surface area contributed by atoms with Gasteiger partial charge in [0.15, 0.2) is 5.82 Å². The summed E-state index contributed by atoms with van der Waals surface area (Å²) in [6.45, 7) is 4.53. The molecule has 2 saturated carbocycles. The smallest absolute Gasteiger partial charge is 0.272 e. The number of anilines is 2. The van der Waals surface area contributed by atoms with Crippen molar-refractivity contribution in [1.82, 2.24) is 25.1 Å². The molecule has 1 spiro atoms. The Bertz CT molecular complexity index is 1460. The molecule has 1 saturated heterocycles. The van der Waals surface area contributed by atoms with Crippen molar-refractivity contribution in [1.29, 1.82) is 0 Å². The lowest BCUT2D eigenvalue weighted by Crippen LogP contribution is -2.49. The zero-order valence-electron chi connectivity index (χ0n) is 24.2. The molecule has 4 aliphatic rings. The monoisotopic (exact) mass is 575 g/mol. The van der Waals surface area contributed by atoms with Crippen LogP contribution in [0.1, 0.15) is 74.3 Å². The quantitative estimate of drug-likeness (QED) is 0.441. The Hall–Kier alpha value is -4.22. The van der Waals surface area contributed by atoms with Gasteiger partial charge < -0.3 is 16.0 Å². The maximum absolute atomic E-state index is 13.9. The van der Waals surface area contributed by atoms with Gasteiger partial charge in [-0.05, 0) is 43.2 Å². The second-order valence-electron chi connectivity index (χ2n) is 12.5. The Morgan fingerprint density at radius 3 is 2.40 bits per heavy atom. The molecule has 42 heavy (non-hydrogen) atoms. The zero-order chi connectivity index (χ0) is 29.8. The van der Waals surface area contributed by atoms with Gasteiger partial charge >= 0.3 is 0 Å². The van der Waals surface area contributed by atoms with E-state index in [4.69, 9.17) is 0 Å². The first-order chi connectivity index (χ1) is 20.0. The normalized spacial score (nSPS) is 21.4. The lowest BCUT2D eigenvalue weighted by Gasteiger charge is -2.34. The lowest BCUT2D eigenvalue weighted by atomic mass is 9.74. The van der Waals surface area contributed by atoms with Gasteiger partial charge in [0.05, 0.1) is 13.1 Å². The van der Waals surface area contributed by atoms with E-state index in [9.17, 15) is 24.0 Å². The fourth-order valence-electron chi connectivity index (χ4n) is 6.11. The van der Waals surface area contributed by atoms with Crippen molar-refractivity contribution in [2.24, 2.45) is 30.2 Å². The summed E-state index contributed by atoms with van der Waals surface area (Å²) in [7, 11) is 1.65. The van der Waals surface area contributed by atoms with Crippen LogP contribution in [-0.4, -0.2) is 62.4 Å². The van der Waals surface area contributed by atoms with Crippen LogP contribution in [0, 0.1) is 23.2 Å². The number of aryl methyl sites for hydroxylation is 1. The van der Waals surface area contributed by atoms with Crippen LogP contribution in [0.25, 0.3) is 0 Å². The molecule has 12 nitrogen and oxygen atoms in total. The summed E-state index contributed by atoms with van der Waals surface area (Å²) in [6.07, 6.45) is 4.48. The van der Waals surface area contributed by atoms with E-state index in [2.05, 4.69) is 21.0 Å². The van der Waals surface area contributed by atoms with Crippen LogP contribution in [0.3, 0.4) is 0 Å². The number of benzene rings is 1. The summed E-state index contributed by atoms with van der Waals surface area (Å²) in [5.41, 5.74) is 0.843. The number of carbonyl (C=O) groups is 5. The molecule has 3 heterocycles. The maximum atomic E-state index is 13.9. The van der Waals surface area contributed by atoms with E-state index in [1.54, 1.807) is 56.2 Å². The molecule has 0 unspecified atom stereocenters. The van der Waals surface area contributed by atoms with Crippen LogP contribution in [0.15, 0.2) is 30.3 Å². The molecule has 2 atom stereocenters. The first-order valence-corrected chi connectivity index (χ1v) is 14.7. The van der Waals surface area contributed by atoms with E-state index >= 15 is 0 Å². The summed E-state index contributed by atoms with van der Waals surface area (Å²) in [4.78, 5) is 66.5. The molecule has 222 valence electrons. The average molecular weight is 576 g/mol. The molecule has 12 heteroatoms. The third-order valence-electron chi connectivity index (χ3n) is 9.13. The van der Waals surface area contributed by atoms with Crippen molar-refractivity contribution in [2.75, 3.05) is 23.7 Å². The first-order valence-electron chi connectivity index (χ1n) is 14.7. The molecular formula is C30H37N7O5. The molecule has 0 radical (unpaired) electrons. The second-order valence-corrected chi connectivity index (χ2v) is 12.5. The van der Waals surface area contributed by atoms with Gasteiger partial charge in [0.25, 0.3) is 11.8 Å². The zero-order valence-corrected chi connectivity index (χ0v) is 24.2. The number of nitrogens with one attached hydrogen (secondary N) is 3. The number of fused-ring (bicyclic) bond motifs is 2. The van der Waals surface area contributed by atoms with Gasteiger partial charge in [0, 0.05) is 42.3 Å². The highest BCUT2D eigenvalue weighted by Crippen LogP contribution is 2.52. The SMILES string of the molecule is CC(C)C(=O)Nc1cc(NC(=O)C[C@H](C(=O)N[C@@H]2C(=O)N3CC4(CC4)CN3C(=O)c3ccccc32)C2CCC2)n(C)n1. The standard InChI is InChI=1S/C30H37N7O5/c1-17(2)26(39)31-22-14-23(35(3)34-22)32-24(38)13-21(18-7-6-8-18)27(40)33-25-19-9-4-5-10-20(19)28(41)36-15-30(11-12-30)16-37(36)29(25)42/h4-5,9-10,14,17-18,21,25H,6-8,11-13,15-16H2,1-3H3,(H,32,38)(H,33,40)(H,31,34,39)/t21-,25-/m0/s1. The van der Waals surface area contributed by atoms with Crippen molar-refractivity contribution in [2.45, 2.75) is 58.4 Å². The molecule has 6 rings (SSSR count). The fourth-order valence-corrected chi connectivity index (χ4v) is 6.11. The number of carbonyl (C=O) groups excluding carboxylic acids is 5. The first kappa shape index (κ1) is 27.9. The molecule has 1 aromatic carbocycles. The van der Waals surface area contributed by atoms with Crippen LogP contribution in [0.4, 0.5) is 11.6 Å². The molecule has 2 aliphatic carbocycles. The van der Waals surface area contributed by atoms with E-state index in [0.29, 0.717) is 35.9 Å². The van der Waals surface area contributed by atoms with Gasteiger partial charge in [0.2, 0.25) is 17.7 Å². The van der Waals surface area contributed by atoms with E-state index in [0.717, 1.165) is 32.1 Å². The molecule has 1 aromatic heterocycles.